The largest absolute Gasteiger partial charge is 0.370 e. The first kappa shape index (κ1) is 8.45. The number of fused-ring (bicyclic) bond motifs is 1. The van der Waals surface area contributed by atoms with Crippen molar-refractivity contribution in [3.05, 3.63) is 30.5 Å². The predicted molar refractivity (Wildman–Crippen MR) is 57.3 cm³/mol. The molecule has 0 aliphatic carbocycles. The molecule has 0 amide bonds. The van der Waals surface area contributed by atoms with Gasteiger partial charge in [0.2, 0.25) is 0 Å². The third kappa shape index (κ3) is 1.38. The predicted octanol–water partition coefficient (Wildman–Crippen LogP) is 2.79. The van der Waals surface area contributed by atoms with Crippen molar-refractivity contribution in [2.45, 2.75) is 0 Å². The number of aryl methyl sites for hydroxylation is 1. The Kier molecular flexibility index (Phi) is 2.15. The lowest BCUT2D eigenvalue weighted by Crippen LogP contribution is -1.92. The molecule has 2 rings (SSSR count). The van der Waals surface area contributed by atoms with Crippen LogP contribution in [0.4, 0.5) is 5.69 Å². The summed E-state index contributed by atoms with van der Waals surface area (Å²) in [6.45, 7) is 0. The highest BCUT2D eigenvalue weighted by Crippen LogP contribution is 2.24. The minimum atomic E-state index is 0.438. The van der Waals surface area contributed by atoms with Gasteiger partial charge in [-0.05, 0) is 6.07 Å². The monoisotopic (exact) mass is 194 g/mol. The van der Waals surface area contributed by atoms with Gasteiger partial charge in [0.15, 0.2) is 0 Å². The fourth-order valence-corrected chi connectivity index (χ4v) is 1.70. The molecule has 0 saturated heterocycles. The number of anilines is 1. The lowest BCUT2D eigenvalue weighted by atomic mass is 10.2. The van der Waals surface area contributed by atoms with Gasteiger partial charge in [0.25, 0.3) is 0 Å². The molecule has 1 heterocycles. The number of halogens is 1. The Morgan fingerprint density at radius 1 is 1.38 bits per heavy atom. The number of nitrogens with one attached hydrogen (secondary N) is 1. The van der Waals surface area contributed by atoms with E-state index in [-0.39, 0.29) is 0 Å². The second-order valence-corrected chi connectivity index (χ2v) is 3.25. The fraction of sp³-hybridized carbons (Fsp3) is 0.200. The van der Waals surface area contributed by atoms with Crippen LogP contribution in [0.2, 0.25) is 0 Å². The molecule has 2 nitrogen and oxygen atoms in total. The number of para-hydroxylation sites is 1. The molecule has 0 spiro atoms. The Morgan fingerprint density at radius 2 is 2.15 bits per heavy atom. The van der Waals surface area contributed by atoms with Crippen molar-refractivity contribution in [1.82, 2.24) is 4.57 Å². The number of alkyl halides is 1. The maximum absolute atomic E-state index is 5.63. The van der Waals surface area contributed by atoms with Crippen LogP contribution in [0.1, 0.15) is 0 Å². The summed E-state index contributed by atoms with van der Waals surface area (Å²) < 4.78 is 2.09. The third-order valence-electron chi connectivity index (χ3n) is 2.15. The highest BCUT2D eigenvalue weighted by molar-refractivity contribution is 6.19. The van der Waals surface area contributed by atoms with Crippen molar-refractivity contribution in [3.8, 4) is 0 Å². The fourth-order valence-electron chi connectivity index (χ4n) is 1.55. The van der Waals surface area contributed by atoms with Gasteiger partial charge in [-0.15, -0.1) is 11.6 Å². The summed E-state index contributed by atoms with van der Waals surface area (Å²) in [7, 11) is 2.03. The third-order valence-corrected chi connectivity index (χ3v) is 2.29. The average molecular weight is 195 g/mol. The van der Waals surface area contributed by atoms with Gasteiger partial charge in [-0.25, -0.2) is 0 Å². The lowest BCUT2D eigenvalue weighted by Gasteiger charge is -1.97. The Balaban J connectivity index is 2.63. The van der Waals surface area contributed by atoms with Crippen LogP contribution in [0.25, 0.3) is 10.9 Å². The van der Waals surface area contributed by atoms with Crippen molar-refractivity contribution >= 4 is 28.2 Å². The van der Waals surface area contributed by atoms with Gasteiger partial charge in [0, 0.05) is 24.1 Å². The van der Waals surface area contributed by atoms with E-state index < -0.39 is 0 Å². The average Bonchev–Trinajstić information content (AvgIpc) is 2.46. The van der Waals surface area contributed by atoms with E-state index in [1.165, 1.54) is 10.9 Å². The van der Waals surface area contributed by atoms with Gasteiger partial charge in [0.05, 0.1) is 11.7 Å². The molecule has 0 aliphatic rings. The first-order chi connectivity index (χ1) is 6.33. The Bertz CT molecular complexity index is 420. The maximum atomic E-state index is 5.63. The zero-order valence-corrected chi connectivity index (χ0v) is 8.17. The van der Waals surface area contributed by atoms with Gasteiger partial charge in [-0.3, -0.25) is 0 Å². The standard InChI is InChI=1S/C10H11ClN2/c1-13-6-9(12-7-11)8-4-2-3-5-10(8)13/h2-6,12H,7H2,1H3. The molecule has 1 N–H and O–H groups in total. The molecule has 0 unspecified atom stereocenters. The number of hydrogen-bond acceptors (Lipinski definition) is 1. The topological polar surface area (TPSA) is 17.0 Å². The van der Waals surface area contributed by atoms with E-state index in [2.05, 4.69) is 22.0 Å². The molecule has 0 atom stereocenters. The first-order valence-corrected chi connectivity index (χ1v) is 4.70. The molecule has 1 aromatic heterocycles. The Morgan fingerprint density at radius 3 is 2.92 bits per heavy atom. The van der Waals surface area contributed by atoms with Crippen LogP contribution in [0.3, 0.4) is 0 Å². The van der Waals surface area contributed by atoms with Crippen molar-refractivity contribution in [3.63, 3.8) is 0 Å². The van der Waals surface area contributed by atoms with Crippen molar-refractivity contribution in [1.29, 1.82) is 0 Å². The summed E-state index contributed by atoms with van der Waals surface area (Å²) in [5.74, 6) is 0. The smallest absolute Gasteiger partial charge is 0.0902 e. The van der Waals surface area contributed by atoms with Crippen LogP contribution in [-0.4, -0.2) is 10.6 Å². The summed E-state index contributed by atoms with van der Waals surface area (Å²) in [5, 5.41) is 4.33. The van der Waals surface area contributed by atoms with Gasteiger partial charge in [0.1, 0.15) is 0 Å². The molecular formula is C10H11ClN2. The molecular weight excluding hydrogens is 184 g/mol. The lowest BCUT2D eigenvalue weighted by molar-refractivity contribution is 0.969. The zero-order chi connectivity index (χ0) is 9.26. The highest BCUT2D eigenvalue weighted by Gasteiger charge is 2.03. The molecule has 2 aromatic rings. The summed E-state index contributed by atoms with van der Waals surface area (Å²) in [6, 6.07) is 8.68. The summed E-state index contributed by atoms with van der Waals surface area (Å²) in [6.07, 6.45) is 2.05. The minimum Gasteiger partial charge on any atom is -0.370 e. The van der Waals surface area contributed by atoms with E-state index in [0.29, 0.717) is 6.00 Å². The van der Waals surface area contributed by atoms with Gasteiger partial charge < -0.3 is 9.88 Å². The zero-order valence-electron chi connectivity index (χ0n) is 7.42. The number of nitrogens with zero attached hydrogens (tertiary/aromatic N) is 1. The van der Waals surface area contributed by atoms with Crippen LogP contribution in [0, 0.1) is 0 Å². The molecule has 68 valence electrons. The number of benzene rings is 1. The Labute approximate surface area is 82.1 Å². The van der Waals surface area contributed by atoms with E-state index in [1.807, 2.05) is 25.4 Å². The van der Waals surface area contributed by atoms with E-state index in [0.717, 1.165) is 5.69 Å². The summed E-state index contributed by atoms with van der Waals surface area (Å²) in [5.41, 5.74) is 2.31. The normalized spacial score (nSPS) is 10.6. The van der Waals surface area contributed by atoms with Gasteiger partial charge in [-0.1, -0.05) is 18.2 Å². The Hall–Kier alpha value is -1.15. The number of aromatic nitrogens is 1. The SMILES string of the molecule is Cn1cc(NCCl)c2ccccc21. The van der Waals surface area contributed by atoms with Crippen LogP contribution >= 0.6 is 11.6 Å². The summed E-state index contributed by atoms with van der Waals surface area (Å²) in [4.78, 5) is 0. The van der Waals surface area contributed by atoms with Crippen LogP contribution < -0.4 is 5.32 Å². The number of hydrogen-bond donors (Lipinski definition) is 1. The van der Waals surface area contributed by atoms with E-state index in [1.54, 1.807) is 0 Å². The van der Waals surface area contributed by atoms with Gasteiger partial charge in [-0.2, -0.15) is 0 Å². The maximum Gasteiger partial charge on any atom is 0.0902 e. The quantitative estimate of drug-likeness (QED) is 0.575. The van der Waals surface area contributed by atoms with Crippen LogP contribution in [0.15, 0.2) is 30.5 Å². The second kappa shape index (κ2) is 3.30. The van der Waals surface area contributed by atoms with Crippen molar-refractivity contribution < 1.29 is 0 Å². The minimum absolute atomic E-state index is 0.438. The van der Waals surface area contributed by atoms with Crippen molar-refractivity contribution in [2.24, 2.45) is 7.05 Å². The summed E-state index contributed by atoms with van der Waals surface area (Å²) >= 11 is 5.63. The van der Waals surface area contributed by atoms with E-state index in [4.69, 9.17) is 11.6 Å². The molecule has 13 heavy (non-hydrogen) atoms. The van der Waals surface area contributed by atoms with Gasteiger partial charge >= 0.3 is 0 Å². The second-order valence-electron chi connectivity index (χ2n) is 2.98. The molecule has 0 radical (unpaired) electrons. The van der Waals surface area contributed by atoms with E-state index >= 15 is 0 Å². The highest BCUT2D eigenvalue weighted by atomic mass is 35.5. The van der Waals surface area contributed by atoms with E-state index in [9.17, 15) is 0 Å². The molecule has 0 saturated carbocycles. The molecule has 1 aromatic carbocycles. The first-order valence-electron chi connectivity index (χ1n) is 4.17. The molecule has 3 heteroatoms. The molecule has 0 fully saturated rings. The number of rotatable bonds is 2. The van der Waals surface area contributed by atoms with Crippen LogP contribution in [0.5, 0.6) is 0 Å². The van der Waals surface area contributed by atoms with Crippen LogP contribution in [-0.2, 0) is 7.05 Å². The molecule has 0 aliphatic heterocycles. The van der Waals surface area contributed by atoms with Crippen molar-refractivity contribution in [2.75, 3.05) is 11.3 Å². The molecule has 0 bridgehead atoms.